The molecule has 136 valence electrons. The lowest BCUT2D eigenvalue weighted by atomic mass is 10.1. The van der Waals surface area contributed by atoms with Crippen LogP contribution < -0.4 is 14.5 Å². The lowest BCUT2D eigenvalue weighted by Crippen LogP contribution is -2.42. The first-order chi connectivity index (χ1) is 12.6. The predicted octanol–water partition coefficient (Wildman–Crippen LogP) is 2.26. The summed E-state index contributed by atoms with van der Waals surface area (Å²) in [6, 6.07) is 5.48. The van der Waals surface area contributed by atoms with Crippen LogP contribution in [0.5, 0.6) is 5.75 Å². The number of aliphatic hydroxyl groups excluding tert-OH is 1. The fourth-order valence-electron chi connectivity index (χ4n) is 3.47. The second-order valence-electron chi connectivity index (χ2n) is 6.44. The molecular formula is C18H19ClN4O3. The number of fused-ring (bicyclic) bond motifs is 1. The molecule has 0 unspecified atom stereocenters. The topological polar surface area (TPSA) is 78.8 Å². The summed E-state index contributed by atoms with van der Waals surface area (Å²) < 4.78 is 5.16. The van der Waals surface area contributed by atoms with Crippen LogP contribution in [-0.2, 0) is 6.54 Å². The third kappa shape index (κ3) is 2.77. The van der Waals surface area contributed by atoms with Crippen LogP contribution in [0, 0.1) is 0 Å². The minimum Gasteiger partial charge on any atom is -0.495 e. The maximum Gasteiger partial charge on any atom is 0.265 e. The Kier molecular flexibility index (Phi) is 4.42. The van der Waals surface area contributed by atoms with Crippen molar-refractivity contribution < 1.29 is 14.6 Å². The number of ether oxygens (including phenoxy) is 1. The Morgan fingerprint density at radius 2 is 2.27 bits per heavy atom. The average molecular weight is 375 g/mol. The Morgan fingerprint density at radius 3 is 3.00 bits per heavy atom. The van der Waals surface area contributed by atoms with E-state index in [1.165, 1.54) is 0 Å². The molecule has 3 heterocycles. The van der Waals surface area contributed by atoms with Gasteiger partial charge in [0.15, 0.2) is 5.82 Å². The van der Waals surface area contributed by atoms with E-state index in [-0.39, 0.29) is 18.6 Å². The molecule has 2 aliphatic heterocycles. The Morgan fingerprint density at radius 1 is 1.42 bits per heavy atom. The third-order valence-corrected chi connectivity index (χ3v) is 5.18. The summed E-state index contributed by atoms with van der Waals surface area (Å²) in [5, 5.41) is 10.0. The first-order valence-electron chi connectivity index (χ1n) is 8.51. The minimum absolute atomic E-state index is 0.0395. The maximum absolute atomic E-state index is 12.4. The van der Waals surface area contributed by atoms with E-state index in [4.69, 9.17) is 16.3 Å². The van der Waals surface area contributed by atoms with Crippen LogP contribution in [-0.4, -0.2) is 47.3 Å². The summed E-state index contributed by atoms with van der Waals surface area (Å²) >= 11 is 6.17. The second-order valence-corrected chi connectivity index (χ2v) is 6.85. The van der Waals surface area contributed by atoms with Gasteiger partial charge >= 0.3 is 0 Å². The number of amides is 1. The van der Waals surface area contributed by atoms with Crippen LogP contribution in [0.3, 0.4) is 0 Å². The number of carbonyl (C=O) groups is 1. The number of anilines is 2. The van der Waals surface area contributed by atoms with Crippen LogP contribution >= 0.6 is 11.6 Å². The second kappa shape index (κ2) is 6.74. The zero-order valence-electron chi connectivity index (χ0n) is 14.4. The van der Waals surface area contributed by atoms with Gasteiger partial charge in [0.2, 0.25) is 5.95 Å². The van der Waals surface area contributed by atoms with Gasteiger partial charge in [0.05, 0.1) is 31.3 Å². The van der Waals surface area contributed by atoms with Crippen molar-refractivity contribution in [2.75, 3.05) is 30.1 Å². The molecule has 26 heavy (non-hydrogen) atoms. The van der Waals surface area contributed by atoms with E-state index in [0.29, 0.717) is 34.6 Å². The van der Waals surface area contributed by atoms with Crippen LogP contribution in [0.15, 0.2) is 24.4 Å². The highest BCUT2D eigenvalue weighted by molar-refractivity contribution is 6.32. The van der Waals surface area contributed by atoms with E-state index in [1.54, 1.807) is 30.3 Å². The Bertz CT molecular complexity index is 860. The Balaban J connectivity index is 1.58. The van der Waals surface area contributed by atoms with E-state index >= 15 is 0 Å². The molecule has 2 aromatic rings. The van der Waals surface area contributed by atoms with Crippen molar-refractivity contribution in [3.05, 3.63) is 40.5 Å². The summed E-state index contributed by atoms with van der Waals surface area (Å²) in [6.45, 7) is 1.27. The molecule has 1 amide bonds. The molecule has 1 aromatic heterocycles. The van der Waals surface area contributed by atoms with E-state index in [9.17, 15) is 9.90 Å². The zero-order valence-corrected chi connectivity index (χ0v) is 15.1. The van der Waals surface area contributed by atoms with Crippen LogP contribution in [0.25, 0.3) is 0 Å². The first-order valence-corrected chi connectivity index (χ1v) is 8.89. The number of halogens is 1. The fourth-order valence-corrected chi connectivity index (χ4v) is 3.75. The average Bonchev–Trinajstić information content (AvgIpc) is 3.14. The van der Waals surface area contributed by atoms with Crippen molar-refractivity contribution in [2.24, 2.45) is 0 Å². The van der Waals surface area contributed by atoms with Gasteiger partial charge < -0.3 is 14.7 Å². The van der Waals surface area contributed by atoms with Crippen molar-refractivity contribution in [2.45, 2.75) is 25.4 Å². The molecule has 1 aromatic carbocycles. The molecule has 1 N–H and O–H groups in total. The smallest absolute Gasteiger partial charge is 0.265 e. The number of nitrogens with zero attached hydrogens (tertiary/aromatic N) is 4. The SMILES string of the molecule is COc1ccc(CN2C(=O)c3cnc(N4CCC[C@H]4CO)nc32)cc1Cl. The molecule has 0 aliphatic carbocycles. The molecule has 4 rings (SSSR count). The summed E-state index contributed by atoms with van der Waals surface area (Å²) in [6.07, 6.45) is 3.49. The summed E-state index contributed by atoms with van der Waals surface area (Å²) in [7, 11) is 1.56. The number of hydrogen-bond acceptors (Lipinski definition) is 6. The summed E-state index contributed by atoms with van der Waals surface area (Å²) in [5.74, 6) is 1.68. The molecule has 7 nitrogen and oxygen atoms in total. The van der Waals surface area contributed by atoms with Gasteiger partial charge in [-0.2, -0.15) is 4.98 Å². The van der Waals surface area contributed by atoms with Crippen molar-refractivity contribution in [3.8, 4) is 5.75 Å². The molecule has 0 saturated carbocycles. The third-order valence-electron chi connectivity index (χ3n) is 4.89. The molecule has 8 heteroatoms. The highest BCUT2D eigenvalue weighted by atomic mass is 35.5. The Hall–Kier alpha value is -2.38. The molecule has 2 aliphatic rings. The highest BCUT2D eigenvalue weighted by Gasteiger charge is 2.37. The van der Waals surface area contributed by atoms with Crippen LogP contribution in [0.4, 0.5) is 11.8 Å². The van der Waals surface area contributed by atoms with Gasteiger partial charge in [-0.25, -0.2) is 4.98 Å². The Labute approximate surface area is 156 Å². The number of hydrogen-bond donors (Lipinski definition) is 1. The van der Waals surface area contributed by atoms with Gasteiger partial charge in [0.1, 0.15) is 11.3 Å². The molecular weight excluding hydrogens is 356 g/mol. The normalized spacial score (nSPS) is 18.7. The number of benzene rings is 1. The monoisotopic (exact) mass is 374 g/mol. The van der Waals surface area contributed by atoms with E-state index in [1.807, 2.05) is 11.0 Å². The number of aliphatic hydroxyl groups is 1. The summed E-state index contributed by atoms with van der Waals surface area (Å²) in [4.78, 5) is 24.9. The van der Waals surface area contributed by atoms with Gasteiger partial charge in [-0.15, -0.1) is 0 Å². The van der Waals surface area contributed by atoms with Crippen molar-refractivity contribution in [1.82, 2.24) is 9.97 Å². The number of carbonyl (C=O) groups excluding carboxylic acids is 1. The molecule has 1 saturated heterocycles. The largest absolute Gasteiger partial charge is 0.495 e. The van der Waals surface area contributed by atoms with Gasteiger partial charge in [0.25, 0.3) is 5.91 Å². The number of rotatable bonds is 5. The van der Waals surface area contributed by atoms with Gasteiger partial charge in [-0.3, -0.25) is 9.69 Å². The molecule has 1 atom stereocenters. The molecule has 1 fully saturated rings. The van der Waals surface area contributed by atoms with E-state index in [0.717, 1.165) is 24.9 Å². The highest BCUT2D eigenvalue weighted by Crippen LogP contribution is 2.35. The quantitative estimate of drug-likeness (QED) is 0.864. The molecule has 0 bridgehead atoms. The minimum atomic E-state index is -0.0985. The zero-order chi connectivity index (χ0) is 18.3. The number of aromatic nitrogens is 2. The van der Waals surface area contributed by atoms with Crippen LogP contribution in [0.1, 0.15) is 28.8 Å². The predicted molar refractivity (Wildman–Crippen MR) is 98.0 cm³/mol. The van der Waals surface area contributed by atoms with Gasteiger partial charge in [-0.1, -0.05) is 17.7 Å². The molecule has 0 spiro atoms. The van der Waals surface area contributed by atoms with Crippen molar-refractivity contribution >= 4 is 29.3 Å². The van der Waals surface area contributed by atoms with E-state index < -0.39 is 0 Å². The van der Waals surface area contributed by atoms with Gasteiger partial charge in [-0.05, 0) is 30.5 Å². The number of methoxy groups -OCH3 is 1. The van der Waals surface area contributed by atoms with Crippen LogP contribution in [0.2, 0.25) is 5.02 Å². The lowest BCUT2D eigenvalue weighted by molar-refractivity contribution is 0.0961. The van der Waals surface area contributed by atoms with Crippen molar-refractivity contribution in [1.29, 1.82) is 0 Å². The maximum atomic E-state index is 12.4. The standard InChI is InChI=1S/C18H19ClN4O3/c1-26-15-5-4-11(7-14(15)19)9-23-16-13(17(23)25)8-20-18(21-16)22-6-2-3-12(22)10-24/h4-5,7-8,12,24H,2-3,6,9-10H2,1H3/t12-/m0/s1. The van der Waals surface area contributed by atoms with E-state index in [2.05, 4.69) is 9.97 Å². The first kappa shape index (κ1) is 17.1. The molecule has 0 radical (unpaired) electrons. The fraction of sp³-hybridized carbons (Fsp3) is 0.389. The summed E-state index contributed by atoms with van der Waals surface area (Å²) in [5.41, 5.74) is 1.41. The lowest BCUT2D eigenvalue weighted by Gasteiger charge is -2.33. The van der Waals surface area contributed by atoms with Gasteiger partial charge in [0, 0.05) is 12.7 Å². The van der Waals surface area contributed by atoms with Crippen molar-refractivity contribution in [3.63, 3.8) is 0 Å².